The maximum Gasteiger partial charge on any atom is 0.291 e. The van der Waals surface area contributed by atoms with Crippen molar-refractivity contribution in [2.45, 2.75) is 20.8 Å². The van der Waals surface area contributed by atoms with Crippen LogP contribution in [0.15, 0.2) is 84.0 Å². The molecule has 0 saturated heterocycles. The van der Waals surface area contributed by atoms with Gasteiger partial charge in [-0.3, -0.25) is 4.79 Å². The summed E-state index contributed by atoms with van der Waals surface area (Å²) < 4.78 is 1.80. The van der Waals surface area contributed by atoms with Gasteiger partial charge in [-0.25, -0.2) is 10.1 Å². The third kappa shape index (κ3) is 4.78. The maximum atomic E-state index is 12.7. The molecular weight excluding hydrogens is 384 g/mol. The molecule has 0 aliphatic carbocycles. The van der Waals surface area contributed by atoms with Crippen LogP contribution in [-0.2, 0) is 0 Å². The molecule has 0 aliphatic rings. The average molecular weight is 409 g/mol. The highest BCUT2D eigenvalue weighted by Gasteiger charge is 2.16. The van der Waals surface area contributed by atoms with Crippen molar-refractivity contribution in [2.75, 3.05) is 0 Å². The molecule has 0 aliphatic heterocycles. The van der Waals surface area contributed by atoms with Crippen molar-refractivity contribution in [1.82, 2.24) is 15.2 Å². The fourth-order valence-electron chi connectivity index (χ4n) is 3.25. The first-order valence-electron chi connectivity index (χ1n) is 10.1. The van der Waals surface area contributed by atoms with Gasteiger partial charge in [-0.05, 0) is 50.1 Å². The van der Waals surface area contributed by atoms with Crippen LogP contribution in [0.3, 0.4) is 0 Å². The Morgan fingerprint density at radius 2 is 1.55 bits per heavy atom. The number of hydrazone groups is 1. The van der Waals surface area contributed by atoms with E-state index in [0.29, 0.717) is 5.69 Å². The molecule has 31 heavy (non-hydrogen) atoms. The molecule has 0 radical (unpaired) electrons. The molecule has 1 N–H and O–H groups in total. The number of hydrogen-bond acceptors (Lipinski definition) is 3. The third-order valence-electron chi connectivity index (χ3n) is 4.99. The summed E-state index contributed by atoms with van der Waals surface area (Å²) in [6, 6.07) is 25.9. The Balaban J connectivity index is 1.64. The van der Waals surface area contributed by atoms with E-state index in [1.807, 2.05) is 81.4 Å². The van der Waals surface area contributed by atoms with Crippen molar-refractivity contribution in [2.24, 2.45) is 5.10 Å². The number of benzene rings is 3. The summed E-state index contributed by atoms with van der Waals surface area (Å²) in [4.78, 5) is 12.7. The minimum absolute atomic E-state index is 0.304. The first-order valence-corrected chi connectivity index (χ1v) is 10.1. The lowest BCUT2D eigenvalue weighted by molar-refractivity contribution is 0.0949. The normalized spacial score (nSPS) is 11.1. The van der Waals surface area contributed by atoms with Crippen molar-refractivity contribution in [3.63, 3.8) is 0 Å². The van der Waals surface area contributed by atoms with Gasteiger partial charge in [0.05, 0.1) is 17.6 Å². The number of nitrogens with one attached hydrogen (secondary N) is 1. The highest BCUT2D eigenvalue weighted by atomic mass is 16.2. The number of aromatic nitrogens is 2. The summed E-state index contributed by atoms with van der Waals surface area (Å²) in [6.07, 6.45) is 1.62. The second kappa shape index (κ2) is 8.79. The van der Waals surface area contributed by atoms with Crippen LogP contribution in [0.4, 0.5) is 0 Å². The van der Waals surface area contributed by atoms with Crippen LogP contribution >= 0.6 is 0 Å². The van der Waals surface area contributed by atoms with Crippen molar-refractivity contribution in [3.8, 4) is 16.9 Å². The molecule has 154 valence electrons. The largest absolute Gasteiger partial charge is 0.291 e. The molecule has 4 aromatic rings. The molecule has 0 atom stereocenters. The van der Waals surface area contributed by atoms with Gasteiger partial charge >= 0.3 is 0 Å². The molecule has 0 unspecified atom stereocenters. The monoisotopic (exact) mass is 408 g/mol. The summed E-state index contributed by atoms with van der Waals surface area (Å²) in [6.45, 7) is 6.11. The van der Waals surface area contributed by atoms with Crippen LogP contribution in [-0.4, -0.2) is 21.9 Å². The zero-order valence-corrected chi connectivity index (χ0v) is 17.8. The Labute approximate surface area is 182 Å². The van der Waals surface area contributed by atoms with Gasteiger partial charge in [0.2, 0.25) is 0 Å². The second-order valence-corrected chi connectivity index (χ2v) is 7.64. The predicted octanol–water partition coefficient (Wildman–Crippen LogP) is 5.23. The molecule has 1 aromatic heterocycles. The van der Waals surface area contributed by atoms with Gasteiger partial charge in [0.15, 0.2) is 5.69 Å². The Bertz CT molecular complexity index is 1240. The SMILES string of the molecule is Cc1ccc(/C=N\NC(=O)c2cc(-c3ccc(C)cc3)n(-c3cccc(C)c3)n2)cc1. The van der Waals surface area contributed by atoms with Crippen molar-refractivity contribution < 1.29 is 4.79 Å². The van der Waals surface area contributed by atoms with Gasteiger partial charge in [-0.15, -0.1) is 0 Å². The summed E-state index contributed by atoms with van der Waals surface area (Å²) in [7, 11) is 0. The van der Waals surface area contributed by atoms with Gasteiger partial charge in [0.1, 0.15) is 0 Å². The first kappa shape index (κ1) is 20.3. The molecule has 5 nitrogen and oxygen atoms in total. The van der Waals surface area contributed by atoms with Crippen LogP contribution in [0, 0.1) is 20.8 Å². The number of nitrogens with zero attached hydrogens (tertiary/aromatic N) is 3. The molecular formula is C26H24N4O. The van der Waals surface area contributed by atoms with E-state index in [1.54, 1.807) is 17.0 Å². The summed E-state index contributed by atoms with van der Waals surface area (Å²) in [5.41, 5.74) is 10.0. The van der Waals surface area contributed by atoms with Crippen LogP contribution < -0.4 is 5.43 Å². The lowest BCUT2D eigenvalue weighted by Crippen LogP contribution is -2.18. The number of carbonyl (C=O) groups is 1. The smallest absolute Gasteiger partial charge is 0.265 e. The summed E-state index contributed by atoms with van der Waals surface area (Å²) >= 11 is 0. The molecule has 0 bridgehead atoms. The van der Waals surface area contributed by atoms with Crippen LogP contribution in [0.25, 0.3) is 16.9 Å². The molecule has 5 heteroatoms. The molecule has 0 fully saturated rings. The molecule has 3 aromatic carbocycles. The minimum atomic E-state index is -0.358. The molecule has 1 heterocycles. The number of aryl methyl sites for hydroxylation is 3. The van der Waals surface area contributed by atoms with Crippen molar-refractivity contribution in [1.29, 1.82) is 0 Å². The standard InChI is InChI=1S/C26H24N4O/c1-18-7-11-21(12-8-18)17-27-28-26(31)24-16-25(22-13-9-19(2)10-14-22)30(29-24)23-6-4-5-20(3)15-23/h4-17H,1-3H3,(H,28,31)/b27-17-. The van der Waals surface area contributed by atoms with E-state index >= 15 is 0 Å². The van der Waals surface area contributed by atoms with E-state index in [9.17, 15) is 4.79 Å². The van der Waals surface area contributed by atoms with Crippen molar-refractivity contribution >= 4 is 12.1 Å². The van der Waals surface area contributed by atoms with Gasteiger partial charge in [-0.1, -0.05) is 71.8 Å². The third-order valence-corrected chi connectivity index (χ3v) is 4.99. The van der Waals surface area contributed by atoms with E-state index < -0.39 is 0 Å². The lowest BCUT2D eigenvalue weighted by Gasteiger charge is -2.08. The first-order chi connectivity index (χ1) is 15.0. The van der Waals surface area contributed by atoms with Gasteiger partial charge < -0.3 is 0 Å². The van der Waals surface area contributed by atoms with Gasteiger partial charge in [0.25, 0.3) is 5.91 Å². The lowest BCUT2D eigenvalue weighted by atomic mass is 10.1. The Hall–Kier alpha value is -3.99. The highest BCUT2D eigenvalue weighted by Crippen LogP contribution is 2.25. The fourth-order valence-corrected chi connectivity index (χ4v) is 3.25. The van der Waals surface area contributed by atoms with E-state index in [4.69, 9.17) is 0 Å². The zero-order chi connectivity index (χ0) is 21.8. The highest BCUT2D eigenvalue weighted by molar-refractivity contribution is 5.94. The molecule has 0 saturated carbocycles. The Morgan fingerprint density at radius 1 is 0.871 bits per heavy atom. The van der Waals surface area contributed by atoms with Crippen LogP contribution in [0.2, 0.25) is 0 Å². The molecule has 4 rings (SSSR count). The fraction of sp³-hybridized carbons (Fsp3) is 0.115. The van der Waals surface area contributed by atoms with E-state index in [1.165, 1.54) is 11.1 Å². The van der Waals surface area contributed by atoms with Crippen LogP contribution in [0.5, 0.6) is 0 Å². The second-order valence-electron chi connectivity index (χ2n) is 7.64. The van der Waals surface area contributed by atoms with Gasteiger partial charge in [-0.2, -0.15) is 10.2 Å². The Kier molecular flexibility index (Phi) is 5.76. The number of carbonyl (C=O) groups excluding carboxylic acids is 1. The quantitative estimate of drug-likeness (QED) is 0.363. The summed E-state index contributed by atoms with van der Waals surface area (Å²) in [5, 5.41) is 8.67. The van der Waals surface area contributed by atoms with Crippen molar-refractivity contribution in [3.05, 3.63) is 107 Å². The van der Waals surface area contributed by atoms with E-state index in [2.05, 4.69) is 27.8 Å². The van der Waals surface area contributed by atoms with Gasteiger partial charge in [0, 0.05) is 5.56 Å². The summed E-state index contributed by atoms with van der Waals surface area (Å²) in [5.74, 6) is -0.358. The average Bonchev–Trinajstić information content (AvgIpc) is 3.21. The zero-order valence-electron chi connectivity index (χ0n) is 17.8. The maximum absolute atomic E-state index is 12.7. The number of hydrogen-bond donors (Lipinski definition) is 1. The van der Waals surface area contributed by atoms with E-state index in [-0.39, 0.29) is 5.91 Å². The topological polar surface area (TPSA) is 59.3 Å². The van der Waals surface area contributed by atoms with Crippen LogP contribution in [0.1, 0.15) is 32.7 Å². The molecule has 0 spiro atoms. The molecule has 1 amide bonds. The number of amides is 1. The number of rotatable bonds is 5. The predicted molar refractivity (Wildman–Crippen MR) is 125 cm³/mol. The Morgan fingerprint density at radius 3 is 2.23 bits per heavy atom. The van der Waals surface area contributed by atoms with E-state index in [0.717, 1.165) is 28.1 Å². The minimum Gasteiger partial charge on any atom is -0.265 e.